The topological polar surface area (TPSA) is 54.5 Å². The van der Waals surface area contributed by atoms with Crippen LogP contribution in [0.25, 0.3) is 0 Å². The summed E-state index contributed by atoms with van der Waals surface area (Å²) >= 11 is 2.01. The monoisotopic (exact) mass is 773 g/mol. The fourth-order valence-corrected chi connectivity index (χ4v) is 10.5. The molecule has 0 aromatic heterocycles. The Labute approximate surface area is 272 Å². The van der Waals surface area contributed by atoms with Gasteiger partial charge in [0.25, 0.3) is 0 Å². The number of carbonyl (C=O) groups excluding carboxylic acids is 1. The molecule has 2 aromatic rings. The Morgan fingerprint density at radius 1 is 0.933 bits per heavy atom. The van der Waals surface area contributed by atoms with Gasteiger partial charge in [-0.3, -0.25) is 4.79 Å². The molecular formula is C32H35F7INO3S. The lowest BCUT2D eigenvalue weighted by atomic mass is 9.76. The number of likely N-dealkylation sites (tertiary alicyclic amines) is 1. The highest BCUT2D eigenvalue weighted by Gasteiger charge is 2.74. The second kappa shape index (κ2) is 12.0. The van der Waals surface area contributed by atoms with Gasteiger partial charge in [-0.05, 0) is 102 Å². The van der Waals surface area contributed by atoms with Crippen LogP contribution in [0.15, 0.2) is 47.4 Å². The molecule has 4 atom stereocenters. The maximum atomic E-state index is 15.1. The average Bonchev–Trinajstić information content (AvgIpc) is 3.19. The van der Waals surface area contributed by atoms with Gasteiger partial charge in [0.1, 0.15) is 4.75 Å². The molecule has 3 aliphatic rings. The van der Waals surface area contributed by atoms with Gasteiger partial charge in [0.2, 0.25) is 5.91 Å². The quantitative estimate of drug-likeness (QED) is 0.174. The molecule has 5 rings (SSSR count). The number of hydrogen-bond acceptors (Lipinski definition) is 3. The minimum Gasteiger partial charge on any atom is -0.337 e. The predicted octanol–water partition coefficient (Wildman–Crippen LogP) is 8.65. The first-order valence-electron chi connectivity index (χ1n) is 15.1. The smallest absolute Gasteiger partial charge is 0.337 e. The van der Waals surface area contributed by atoms with Crippen molar-refractivity contribution in [3.63, 3.8) is 0 Å². The molecule has 2 unspecified atom stereocenters. The molecule has 1 aliphatic heterocycles. The molecule has 1 saturated heterocycles. The Balaban J connectivity index is 1.64. The van der Waals surface area contributed by atoms with Crippen molar-refractivity contribution in [3.8, 4) is 0 Å². The van der Waals surface area contributed by atoms with Crippen LogP contribution < -0.4 is 0 Å². The molecule has 248 valence electrons. The Kier molecular flexibility index (Phi) is 9.15. The van der Waals surface area contributed by atoms with Gasteiger partial charge in [-0.25, -0.2) is 12.8 Å². The molecule has 2 aliphatic carbocycles. The summed E-state index contributed by atoms with van der Waals surface area (Å²) in [7, 11) is -4.36. The SMILES string of the molecule is CC(C)C1CCCCC(C(=O)N2CC[C@@]3(S(=O)(=O)c4ccc(I)cc4)c4ccc(C(F)(C(F)(F)F)C(F)(F)F)cc4CC[C@@H]23)C1. The van der Waals surface area contributed by atoms with Crippen molar-refractivity contribution in [3.05, 3.63) is 62.7 Å². The largest absolute Gasteiger partial charge is 0.435 e. The summed E-state index contributed by atoms with van der Waals surface area (Å²) in [6, 6.07) is 6.92. The van der Waals surface area contributed by atoms with E-state index in [-0.39, 0.29) is 53.7 Å². The number of benzene rings is 2. The van der Waals surface area contributed by atoms with E-state index in [1.54, 1.807) is 17.0 Å². The molecule has 0 radical (unpaired) electrons. The van der Waals surface area contributed by atoms with Crippen LogP contribution in [0.3, 0.4) is 0 Å². The van der Waals surface area contributed by atoms with Crippen molar-refractivity contribution in [2.24, 2.45) is 17.8 Å². The summed E-state index contributed by atoms with van der Waals surface area (Å²) in [5.41, 5.74) is -7.37. The molecule has 45 heavy (non-hydrogen) atoms. The number of amides is 1. The van der Waals surface area contributed by atoms with Crippen LogP contribution in [0, 0.1) is 21.3 Å². The highest BCUT2D eigenvalue weighted by molar-refractivity contribution is 14.1. The fraction of sp³-hybridized carbons (Fsp3) is 0.594. The van der Waals surface area contributed by atoms with Crippen LogP contribution >= 0.6 is 22.6 Å². The van der Waals surface area contributed by atoms with Gasteiger partial charge >= 0.3 is 18.0 Å². The van der Waals surface area contributed by atoms with Gasteiger partial charge < -0.3 is 4.90 Å². The summed E-state index contributed by atoms with van der Waals surface area (Å²) < 4.78 is 125. The number of sulfone groups is 1. The van der Waals surface area contributed by atoms with Gasteiger partial charge in [-0.2, -0.15) is 26.3 Å². The third kappa shape index (κ3) is 5.58. The number of halogens is 8. The third-order valence-corrected chi connectivity index (χ3v) is 13.5. The van der Waals surface area contributed by atoms with Crippen LogP contribution in [0.4, 0.5) is 30.7 Å². The molecule has 0 bridgehead atoms. The van der Waals surface area contributed by atoms with E-state index in [9.17, 15) is 39.6 Å². The standard InChI is InChI=1S/C32H35F7INO3S/c1-19(2)20-5-3-4-6-22(17-20)28(42)41-16-15-29(45(43,44)25-11-9-24(40)10-12-25)26-13-8-23(18-21(26)7-14-27(29)41)30(33,31(34,35)36)32(37,38)39/h8-13,18-20,22,27H,3-7,14-17H2,1-2H3/t20?,22?,27-,29-/m1/s1. The second-order valence-corrected chi connectivity index (χ2v) is 16.4. The zero-order chi connectivity index (χ0) is 33.2. The van der Waals surface area contributed by atoms with Crippen molar-refractivity contribution in [2.75, 3.05) is 6.54 Å². The Morgan fingerprint density at radius 2 is 1.56 bits per heavy atom. The van der Waals surface area contributed by atoms with E-state index in [2.05, 4.69) is 13.8 Å². The van der Waals surface area contributed by atoms with Crippen LogP contribution in [0.2, 0.25) is 0 Å². The van der Waals surface area contributed by atoms with E-state index in [1.165, 1.54) is 12.1 Å². The summed E-state index contributed by atoms with van der Waals surface area (Å²) in [5, 5.41) is 0. The summed E-state index contributed by atoms with van der Waals surface area (Å²) in [5.74, 6) is 0.220. The van der Waals surface area contributed by atoms with Crippen LogP contribution in [-0.2, 0) is 31.5 Å². The van der Waals surface area contributed by atoms with E-state index in [0.717, 1.165) is 28.9 Å². The van der Waals surface area contributed by atoms with Crippen LogP contribution in [0.5, 0.6) is 0 Å². The predicted molar refractivity (Wildman–Crippen MR) is 163 cm³/mol. The zero-order valence-corrected chi connectivity index (χ0v) is 27.8. The molecule has 13 heteroatoms. The molecule has 0 spiro atoms. The first-order chi connectivity index (χ1) is 20.9. The van der Waals surface area contributed by atoms with Gasteiger partial charge in [0.15, 0.2) is 9.84 Å². The normalized spacial score (nSPS) is 26.4. The molecular weight excluding hydrogens is 738 g/mol. The lowest BCUT2D eigenvalue weighted by Gasteiger charge is -2.43. The maximum absolute atomic E-state index is 15.1. The lowest BCUT2D eigenvalue weighted by molar-refractivity contribution is -0.348. The molecule has 0 N–H and O–H groups in total. The van der Waals surface area contributed by atoms with Crippen molar-refractivity contribution in [2.45, 2.75) is 98.9 Å². The number of carbonyl (C=O) groups is 1. The van der Waals surface area contributed by atoms with E-state index < -0.39 is 44.2 Å². The van der Waals surface area contributed by atoms with Gasteiger partial charge in [-0.1, -0.05) is 51.3 Å². The summed E-state index contributed by atoms with van der Waals surface area (Å²) in [6.45, 7) is 4.29. The third-order valence-electron chi connectivity index (χ3n) is 10.2. The van der Waals surface area contributed by atoms with E-state index in [4.69, 9.17) is 0 Å². The van der Waals surface area contributed by atoms with Crippen LogP contribution in [-0.4, -0.2) is 44.2 Å². The number of alkyl halides is 7. The minimum absolute atomic E-state index is 0.0105. The van der Waals surface area contributed by atoms with Crippen molar-refractivity contribution < 1.29 is 43.9 Å². The highest BCUT2D eigenvalue weighted by Crippen LogP contribution is 2.57. The van der Waals surface area contributed by atoms with Crippen molar-refractivity contribution >= 4 is 38.3 Å². The number of hydrogen-bond donors (Lipinski definition) is 0. The Bertz CT molecular complexity index is 1530. The number of aryl methyl sites for hydroxylation is 1. The van der Waals surface area contributed by atoms with Gasteiger partial charge in [0, 0.05) is 21.6 Å². The summed E-state index contributed by atoms with van der Waals surface area (Å²) in [6.07, 6.45) is -8.64. The Morgan fingerprint density at radius 3 is 2.16 bits per heavy atom. The fourth-order valence-electron chi connectivity index (χ4n) is 7.78. The molecule has 2 fully saturated rings. The lowest BCUT2D eigenvalue weighted by Crippen LogP contribution is -2.53. The van der Waals surface area contributed by atoms with E-state index in [1.807, 2.05) is 22.6 Å². The van der Waals surface area contributed by atoms with Gasteiger partial charge in [0.05, 0.1) is 10.9 Å². The molecule has 1 amide bonds. The zero-order valence-electron chi connectivity index (χ0n) is 24.8. The number of fused-ring (bicyclic) bond motifs is 3. The molecule has 1 heterocycles. The first-order valence-corrected chi connectivity index (χ1v) is 17.7. The Hall–Kier alpha value is -1.90. The molecule has 2 aromatic carbocycles. The first kappa shape index (κ1) is 34.4. The maximum Gasteiger partial charge on any atom is 0.435 e. The van der Waals surface area contributed by atoms with E-state index in [0.29, 0.717) is 36.8 Å². The second-order valence-electron chi connectivity index (χ2n) is 12.9. The highest BCUT2D eigenvalue weighted by atomic mass is 127. The number of nitrogens with zero attached hydrogens (tertiary/aromatic N) is 1. The average molecular weight is 774 g/mol. The molecule has 1 saturated carbocycles. The van der Waals surface area contributed by atoms with Gasteiger partial charge in [-0.15, -0.1) is 0 Å². The van der Waals surface area contributed by atoms with Crippen molar-refractivity contribution in [1.82, 2.24) is 4.90 Å². The van der Waals surface area contributed by atoms with Crippen molar-refractivity contribution in [1.29, 1.82) is 0 Å². The van der Waals surface area contributed by atoms with Crippen LogP contribution in [0.1, 0.15) is 75.5 Å². The number of rotatable bonds is 5. The van der Waals surface area contributed by atoms with E-state index >= 15 is 4.39 Å². The molecule has 4 nitrogen and oxygen atoms in total. The minimum atomic E-state index is -6.30. The summed E-state index contributed by atoms with van der Waals surface area (Å²) in [4.78, 5) is 15.7.